The first-order valence-electron chi connectivity index (χ1n) is 6.94. The highest BCUT2D eigenvalue weighted by Crippen LogP contribution is 2.50. The van der Waals surface area contributed by atoms with Crippen LogP contribution in [0.25, 0.3) is 0 Å². The fourth-order valence-corrected chi connectivity index (χ4v) is 2.91. The molecule has 1 aliphatic carbocycles. The van der Waals surface area contributed by atoms with Crippen molar-refractivity contribution in [1.29, 1.82) is 0 Å². The van der Waals surface area contributed by atoms with Crippen molar-refractivity contribution < 1.29 is 9.59 Å². The summed E-state index contributed by atoms with van der Waals surface area (Å²) >= 11 is 0. The van der Waals surface area contributed by atoms with Crippen molar-refractivity contribution in [3.05, 3.63) is 0 Å². The SMILES string of the molecule is CCCC1(CN2C(=O)C(C)(C)NC(=O)C2C)CC1. The smallest absolute Gasteiger partial charge is 0.248 e. The Morgan fingerprint density at radius 2 is 1.94 bits per heavy atom. The molecule has 0 bridgehead atoms. The van der Waals surface area contributed by atoms with Gasteiger partial charge in [0.2, 0.25) is 11.8 Å². The summed E-state index contributed by atoms with van der Waals surface area (Å²) in [4.78, 5) is 26.1. The molecule has 0 aromatic heterocycles. The number of piperazine rings is 1. The number of hydrogen-bond acceptors (Lipinski definition) is 2. The van der Waals surface area contributed by atoms with Crippen molar-refractivity contribution in [3.8, 4) is 0 Å². The largest absolute Gasteiger partial charge is 0.340 e. The van der Waals surface area contributed by atoms with Gasteiger partial charge >= 0.3 is 0 Å². The zero-order valence-electron chi connectivity index (χ0n) is 11.9. The maximum absolute atomic E-state index is 12.4. The summed E-state index contributed by atoms with van der Waals surface area (Å²) in [5.41, 5.74) is -0.460. The topological polar surface area (TPSA) is 49.4 Å². The number of carbonyl (C=O) groups is 2. The molecule has 4 heteroatoms. The second kappa shape index (κ2) is 4.25. The van der Waals surface area contributed by atoms with E-state index < -0.39 is 5.54 Å². The van der Waals surface area contributed by atoms with E-state index in [4.69, 9.17) is 0 Å². The summed E-state index contributed by atoms with van der Waals surface area (Å²) in [7, 11) is 0. The van der Waals surface area contributed by atoms with Crippen LogP contribution in [0.5, 0.6) is 0 Å². The first kappa shape index (κ1) is 13.4. The molecule has 102 valence electrons. The van der Waals surface area contributed by atoms with Crippen LogP contribution < -0.4 is 5.32 Å². The van der Waals surface area contributed by atoms with Gasteiger partial charge in [-0.2, -0.15) is 0 Å². The molecule has 1 saturated heterocycles. The van der Waals surface area contributed by atoms with Crippen LogP contribution in [0.1, 0.15) is 53.4 Å². The van der Waals surface area contributed by atoms with Crippen molar-refractivity contribution >= 4 is 11.8 Å². The third kappa shape index (κ3) is 2.25. The van der Waals surface area contributed by atoms with Gasteiger partial charge in [-0.25, -0.2) is 0 Å². The normalized spacial score (nSPS) is 29.1. The van der Waals surface area contributed by atoms with E-state index in [0.717, 1.165) is 19.4 Å². The fourth-order valence-electron chi connectivity index (χ4n) is 2.91. The van der Waals surface area contributed by atoms with Gasteiger partial charge in [0.25, 0.3) is 0 Å². The van der Waals surface area contributed by atoms with Crippen LogP contribution in [0, 0.1) is 5.41 Å². The molecular weight excluding hydrogens is 228 g/mol. The van der Waals surface area contributed by atoms with Crippen molar-refractivity contribution in [2.45, 2.75) is 65.0 Å². The monoisotopic (exact) mass is 252 g/mol. The molecule has 2 rings (SSSR count). The first-order valence-corrected chi connectivity index (χ1v) is 6.94. The van der Waals surface area contributed by atoms with Crippen LogP contribution in [-0.2, 0) is 9.59 Å². The number of hydrogen-bond donors (Lipinski definition) is 1. The highest BCUT2D eigenvalue weighted by Gasteiger charge is 2.49. The molecule has 2 amide bonds. The van der Waals surface area contributed by atoms with Gasteiger partial charge in [0.1, 0.15) is 11.6 Å². The predicted molar refractivity (Wildman–Crippen MR) is 70.0 cm³/mol. The van der Waals surface area contributed by atoms with E-state index in [0.29, 0.717) is 5.41 Å². The van der Waals surface area contributed by atoms with Gasteiger partial charge in [-0.15, -0.1) is 0 Å². The lowest BCUT2D eigenvalue weighted by atomic mass is 9.93. The lowest BCUT2D eigenvalue weighted by Crippen LogP contribution is -2.68. The molecule has 1 saturated carbocycles. The molecule has 1 N–H and O–H groups in total. The summed E-state index contributed by atoms with van der Waals surface area (Å²) in [6.45, 7) is 8.32. The average molecular weight is 252 g/mol. The Labute approximate surface area is 109 Å². The van der Waals surface area contributed by atoms with E-state index in [1.54, 1.807) is 18.7 Å². The van der Waals surface area contributed by atoms with Crippen molar-refractivity contribution in [1.82, 2.24) is 10.2 Å². The van der Waals surface area contributed by atoms with Gasteiger partial charge < -0.3 is 10.2 Å². The van der Waals surface area contributed by atoms with Gasteiger partial charge in [0, 0.05) is 6.54 Å². The Bertz CT molecular complexity index is 372. The molecule has 1 heterocycles. The van der Waals surface area contributed by atoms with E-state index in [9.17, 15) is 9.59 Å². The first-order chi connectivity index (χ1) is 8.31. The Balaban J connectivity index is 2.14. The maximum Gasteiger partial charge on any atom is 0.248 e. The van der Waals surface area contributed by atoms with Crippen LogP contribution >= 0.6 is 0 Å². The number of nitrogens with one attached hydrogen (secondary N) is 1. The Hall–Kier alpha value is -1.06. The van der Waals surface area contributed by atoms with Crippen LogP contribution in [0.15, 0.2) is 0 Å². The molecule has 1 atom stereocenters. The summed E-state index contributed by atoms with van der Waals surface area (Å²) < 4.78 is 0. The van der Waals surface area contributed by atoms with E-state index in [2.05, 4.69) is 12.2 Å². The molecule has 2 fully saturated rings. The summed E-state index contributed by atoms with van der Waals surface area (Å²) in [6.07, 6.45) is 4.69. The number of rotatable bonds is 4. The Kier molecular flexibility index (Phi) is 3.16. The standard InChI is InChI=1S/C14H24N2O2/c1-5-6-14(7-8-14)9-16-10(2)11(17)15-13(3,4)12(16)18/h10H,5-9H2,1-4H3,(H,15,17). The molecule has 0 aromatic rings. The molecule has 18 heavy (non-hydrogen) atoms. The lowest BCUT2D eigenvalue weighted by molar-refractivity contribution is -0.153. The third-order valence-electron chi connectivity index (χ3n) is 4.32. The van der Waals surface area contributed by atoms with Gasteiger partial charge in [0.05, 0.1) is 0 Å². The Morgan fingerprint density at radius 1 is 1.33 bits per heavy atom. The minimum atomic E-state index is -0.758. The maximum atomic E-state index is 12.4. The molecule has 0 radical (unpaired) electrons. The van der Waals surface area contributed by atoms with Crippen molar-refractivity contribution in [2.75, 3.05) is 6.54 Å². The average Bonchev–Trinajstić information content (AvgIpc) is 3.02. The summed E-state index contributed by atoms with van der Waals surface area (Å²) in [5.74, 6) is 0.0175. The van der Waals surface area contributed by atoms with E-state index >= 15 is 0 Å². The summed E-state index contributed by atoms with van der Waals surface area (Å²) in [5, 5.41) is 2.79. The van der Waals surface area contributed by atoms with Gasteiger partial charge in [-0.05, 0) is 45.4 Å². The zero-order valence-corrected chi connectivity index (χ0v) is 11.9. The number of nitrogens with zero attached hydrogens (tertiary/aromatic N) is 1. The quantitative estimate of drug-likeness (QED) is 0.827. The lowest BCUT2D eigenvalue weighted by Gasteiger charge is -2.43. The van der Waals surface area contributed by atoms with Crippen LogP contribution in [0.2, 0.25) is 0 Å². The molecule has 0 aromatic carbocycles. The number of amides is 2. The second-order valence-electron chi connectivity index (χ2n) is 6.47. The highest BCUT2D eigenvalue weighted by atomic mass is 16.2. The van der Waals surface area contributed by atoms with E-state index in [-0.39, 0.29) is 17.9 Å². The fraction of sp³-hybridized carbons (Fsp3) is 0.857. The van der Waals surface area contributed by atoms with Gasteiger partial charge in [-0.3, -0.25) is 9.59 Å². The van der Waals surface area contributed by atoms with E-state index in [1.807, 2.05) is 6.92 Å². The zero-order chi connectivity index (χ0) is 13.6. The highest BCUT2D eigenvalue weighted by molar-refractivity contribution is 5.99. The minimum Gasteiger partial charge on any atom is -0.340 e. The summed E-state index contributed by atoms with van der Waals surface area (Å²) in [6, 6.07) is -0.333. The molecule has 4 nitrogen and oxygen atoms in total. The molecular formula is C14H24N2O2. The van der Waals surface area contributed by atoms with Crippen molar-refractivity contribution in [3.63, 3.8) is 0 Å². The molecule has 2 aliphatic rings. The van der Waals surface area contributed by atoms with Crippen LogP contribution in [0.3, 0.4) is 0 Å². The predicted octanol–water partition coefficient (Wildman–Crippen LogP) is 1.69. The molecule has 1 unspecified atom stereocenters. The van der Waals surface area contributed by atoms with Gasteiger partial charge in [0.15, 0.2) is 0 Å². The minimum absolute atomic E-state index is 0.0353. The van der Waals surface area contributed by atoms with E-state index in [1.165, 1.54) is 12.8 Å². The molecule has 0 spiro atoms. The third-order valence-corrected chi connectivity index (χ3v) is 4.32. The van der Waals surface area contributed by atoms with Crippen molar-refractivity contribution in [2.24, 2.45) is 5.41 Å². The second-order valence-corrected chi connectivity index (χ2v) is 6.47. The Morgan fingerprint density at radius 3 is 2.44 bits per heavy atom. The van der Waals surface area contributed by atoms with Crippen LogP contribution in [0.4, 0.5) is 0 Å². The number of carbonyl (C=O) groups excluding carboxylic acids is 2. The van der Waals surface area contributed by atoms with Gasteiger partial charge in [-0.1, -0.05) is 13.3 Å². The molecule has 1 aliphatic heterocycles. The van der Waals surface area contributed by atoms with Crippen LogP contribution in [-0.4, -0.2) is 34.8 Å².